The van der Waals surface area contributed by atoms with E-state index >= 15 is 0 Å². The lowest BCUT2D eigenvalue weighted by Crippen LogP contribution is -2.29. The van der Waals surface area contributed by atoms with Crippen molar-refractivity contribution in [3.05, 3.63) is 67.5 Å². The van der Waals surface area contributed by atoms with E-state index in [1.165, 1.54) is 6.08 Å². The van der Waals surface area contributed by atoms with Crippen LogP contribution in [0.3, 0.4) is 0 Å². The van der Waals surface area contributed by atoms with Crippen molar-refractivity contribution in [2.75, 3.05) is 56.9 Å². The molecule has 2 heterocycles. The largest absolute Gasteiger partial charge is 0.494 e. The first-order chi connectivity index (χ1) is 17.4. The van der Waals surface area contributed by atoms with Crippen molar-refractivity contribution in [1.82, 2.24) is 19.9 Å². The lowest BCUT2D eigenvalue weighted by atomic mass is 10.1. The summed E-state index contributed by atoms with van der Waals surface area (Å²) in [6.45, 7) is 5.18. The molecule has 2 aromatic heterocycles. The third-order valence-electron chi connectivity index (χ3n) is 5.82. The Kier molecular flexibility index (Phi) is 9.10. The van der Waals surface area contributed by atoms with E-state index in [0.717, 1.165) is 40.9 Å². The van der Waals surface area contributed by atoms with Gasteiger partial charge in [0.15, 0.2) is 0 Å². The highest BCUT2D eigenvalue weighted by atomic mass is 35.5. The molecule has 3 N–H and O–H groups in total. The third-order valence-corrected chi connectivity index (χ3v) is 5.82. The van der Waals surface area contributed by atoms with Crippen LogP contribution in [0.25, 0.3) is 22.2 Å². The van der Waals surface area contributed by atoms with E-state index in [0.29, 0.717) is 23.1 Å². The number of carbonyl (C=O) groups is 1. The third kappa shape index (κ3) is 6.38. The minimum absolute atomic E-state index is 0. The molecule has 0 saturated heterocycles. The van der Waals surface area contributed by atoms with Crippen LogP contribution in [0.4, 0.5) is 23.0 Å². The number of H-pyrrole nitrogens is 1. The number of nitrogens with zero attached hydrogens (tertiary/aromatic N) is 4. The van der Waals surface area contributed by atoms with E-state index < -0.39 is 0 Å². The lowest BCUT2D eigenvalue weighted by Gasteiger charge is -2.26. The van der Waals surface area contributed by atoms with Crippen LogP contribution in [0.5, 0.6) is 5.75 Å². The van der Waals surface area contributed by atoms with Gasteiger partial charge in [0.25, 0.3) is 0 Å². The van der Waals surface area contributed by atoms with E-state index in [9.17, 15) is 4.79 Å². The van der Waals surface area contributed by atoms with Crippen molar-refractivity contribution >= 4 is 52.2 Å². The highest BCUT2D eigenvalue weighted by Crippen LogP contribution is 2.38. The zero-order chi connectivity index (χ0) is 25.7. The van der Waals surface area contributed by atoms with Gasteiger partial charge in [0.2, 0.25) is 11.9 Å². The molecule has 0 saturated carbocycles. The number of hydrogen-bond donors (Lipinski definition) is 3. The number of para-hydroxylation sites is 1. The van der Waals surface area contributed by atoms with Gasteiger partial charge >= 0.3 is 0 Å². The van der Waals surface area contributed by atoms with Crippen LogP contribution >= 0.6 is 12.4 Å². The topological polar surface area (TPSA) is 98.4 Å². The van der Waals surface area contributed by atoms with E-state index in [1.54, 1.807) is 13.3 Å². The Labute approximate surface area is 223 Å². The smallest absolute Gasteiger partial charge is 0.247 e. The van der Waals surface area contributed by atoms with E-state index in [4.69, 9.17) is 9.72 Å². The van der Waals surface area contributed by atoms with Crippen LogP contribution in [-0.2, 0) is 4.79 Å². The first kappa shape index (κ1) is 27.5. The van der Waals surface area contributed by atoms with Crippen molar-refractivity contribution in [2.45, 2.75) is 0 Å². The molecular weight excluding hydrogens is 490 g/mol. The first-order valence-corrected chi connectivity index (χ1v) is 11.6. The van der Waals surface area contributed by atoms with Gasteiger partial charge in [-0.2, -0.15) is 0 Å². The SMILES string of the molecule is C=CC(=O)Nc1cc(Nc2nccc(-c3c[nH]c4ccccc34)n2)c(OC)cc1N(C)CCN(C)C.Cl. The minimum Gasteiger partial charge on any atom is -0.494 e. The monoisotopic (exact) mass is 521 g/mol. The molecule has 9 nitrogen and oxygen atoms in total. The summed E-state index contributed by atoms with van der Waals surface area (Å²) in [6, 6.07) is 13.7. The van der Waals surface area contributed by atoms with Gasteiger partial charge in [0.1, 0.15) is 5.75 Å². The van der Waals surface area contributed by atoms with E-state index in [-0.39, 0.29) is 18.3 Å². The Morgan fingerprint density at radius 1 is 1.14 bits per heavy atom. The summed E-state index contributed by atoms with van der Waals surface area (Å²) < 4.78 is 5.69. The van der Waals surface area contributed by atoms with Crippen LogP contribution in [0, 0.1) is 0 Å². The van der Waals surface area contributed by atoms with Crippen LogP contribution < -0.4 is 20.3 Å². The fourth-order valence-corrected chi connectivity index (χ4v) is 3.88. The Morgan fingerprint density at radius 2 is 1.92 bits per heavy atom. The Bertz CT molecular complexity index is 1390. The van der Waals surface area contributed by atoms with Crippen LogP contribution in [0.2, 0.25) is 0 Å². The molecule has 0 aliphatic carbocycles. The predicted octanol–water partition coefficient (Wildman–Crippen LogP) is 4.92. The van der Waals surface area contributed by atoms with Gasteiger partial charge in [-0.25, -0.2) is 9.97 Å². The van der Waals surface area contributed by atoms with Gasteiger partial charge in [0, 0.05) is 55.1 Å². The number of nitrogens with one attached hydrogen (secondary N) is 3. The summed E-state index contributed by atoms with van der Waals surface area (Å²) in [4.78, 5) is 28.8. The van der Waals surface area contributed by atoms with Crippen molar-refractivity contribution in [1.29, 1.82) is 0 Å². The molecule has 1 amide bonds. The number of ether oxygens (including phenoxy) is 1. The maximum atomic E-state index is 12.2. The van der Waals surface area contributed by atoms with Gasteiger partial charge in [-0.15, -0.1) is 12.4 Å². The number of aromatic amines is 1. The van der Waals surface area contributed by atoms with E-state index in [2.05, 4.69) is 43.0 Å². The Morgan fingerprint density at radius 3 is 2.65 bits per heavy atom. The summed E-state index contributed by atoms with van der Waals surface area (Å²) in [5, 5.41) is 7.25. The molecule has 0 bridgehead atoms. The molecule has 0 spiro atoms. The molecule has 0 radical (unpaired) electrons. The zero-order valence-electron chi connectivity index (χ0n) is 21.4. The van der Waals surface area contributed by atoms with Crippen molar-refractivity contribution in [2.24, 2.45) is 0 Å². The summed E-state index contributed by atoms with van der Waals surface area (Å²) in [5.41, 5.74) is 4.88. The second-order valence-electron chi connectivity index (χ2n) is 8.63. The van der Waals surface area contributed by atoms with Crippen LogP contribution in [-0.4, -0.2) is 67.1 Å². The molecule has 0 fully saturated rings. The van der Waals surface area contributed by atoms with Gasteiger partial charge in [0.05, 0.1) is 29.9 Å². The number of likely N-dealkylation sites (N-methyl/N-ethyl adjacent to an activating group) is 2. The molecule has 194 valence electrons. The quantitative estimate of drug-likeness (QED) is 0.255. The molecule has 0 unspecified atom stereocenters. The number of fused-ring (bicyclic) bond motifs is 1. The number of hydrogen-bond acceptors (Lipinski definition) is 7. The van der Waals surface area contributed by atoms with E-state index in [1.807, 2.05) is 63.7 Å². The second kappa shape index (κ2) is 12.2. The highest BCUT2D eigenvalue weighted by Gasteiger charge is 2.17. The predicted molar refractivity (Wildman–Crippen MR) is 154 cm³/mol. The molecule has 2 aromatic carbocycles. The number of amides is 1. The molecule has 10 heteroatoms. The summed E-state index contributed by atoms with van der Waals surface area (Å²) in [6.07, 6.45) is 4.90. The van der Waals surface area contributed by atoms with Gasteiger partial charge < -0.3 is 30.2 Å². The molecule has 4 rings (SSSR count). The zero-order valence-corrected chi connectivity index (χ0v) is 22.2. The summed E-state index contributed by atoms with van der Waals surface area (Å²) >= 11 is 0. The first-order valence-electron chi connectivity index (χ1n) is 11.6. The van der Waals surface area contributed by atoms with Crippen molar-refractivity contribution < 1.29 is 9.53 Å². The van der Waals surface area contributed by atoms with Crippen LogP contribution in [0.1, 0.15) is 0 Å². The number of anilines is 4. The fourth-order valence-electron chi connectivity index (χ4n) is 3.88. The standard InChI is InChI=1S/C27H31N7O2.ClH/c1-6-26(35)30-22-15-23(25(36-5)16-24(22)34(4)14-13-33(2)3)32-27-28-12-11-21(31-27)19-17-29-20-10-8-7-9-18(19)20;/h6-12,15-17,29H,1,13-14H2,2-5H3,(H,30,35)(H,28,31,32);1H. The molecule has 4 aromatic rings. The number of methoxy groups -OCH3 is 1. The van der Waals surface area contributed by atoms with Gasteiger partial charge in [-0.1, -0.05) is 24.8 Å². The molecular formula is C27H32ClN7O2. The van der Waals surface area contributed by atoms with Gasteiger partial charge in [-0.05, 0) is 38.4 Å². The summed E-state index contributed by atoms with van der Waals surface area (Å²) in [7, 11) is 7.62. The minimum atomic E-state index is -0.300. The Hall–Kier alpha value is -4.08. The van der Waals surface area contributed by atoms with Crippen LogP contribution in [0.15, 0.2) is 67.5 Å². The van der Waals surface area contributed by atoms with Crippen molar-refractivity contribution in [3.8, 4) is 17.0 Å². The average Bonchev–Trinajstić information content (AvgIpc) is 3.32. The number of rotatable bonds is 10. The molecule has 0 aliphatic heterocycles. The maximum absolute atomic E-state index is 12.2. The second-order valence-corrected chi connectivity index (χ2v) is 8.63. The van der Waals surface area contributed by atoms with Gasteiger partial charge in [-0.3, -0.25) is 4.79 Å². The molecule has 37 heavy (non-hydrogen) atoms. The van der Waals surface area contributed by atoms with Crippen molar-refractivity contribution in [3.63, 3.8) is 0 Å². The average molecular weight is 522 g/mol. The number of benzene rings is 2. The number of carbonyl (C=O) groups excluding carboxylic acids is 1. The maximum Gasteiger partial charge on any atom is 0.247 e. The lowest BCUT2D eigenvalue weighted by molar-refractivity contribution is -0.111. The number of halogens is 1. The number of aromatic nitrogens is 3. The molecule has 0 aliphatic rings. The fraction of sp³-hybridized carbons (Fsp3) is 0.222. The normalized spacial score (nSPS) is 10.6. The Balaban J connectivity index is 0.00000380. The molecule has 0 atom stereocenters. The highest BCUT2D eigenvalue weighted by molar-refractivity contribution is 6.02. The summed E-state index contributed by atoms with van der Waals surface area (Å²) in [5.74, 6) is 0.705.